The molecule has 194 valence electrons. The fraction of sp³-hybridized carbons (Fsp3) is 0. The Balaban J connectivity index is 1.57. The van der Waals surface area contributed by atoms with Crippen LogP contribution in [0.15, 0.2) is 24.3 Å². The number of hydrogen-bond donors (Lipinski definition) is 0. The normalized spacial score (nSPS) is 11.6. The zero-order valence-electron chi connectivity index (χ0n) is 17.7. The molecule has 0 unspecified atom stereocenters. The van der Waals surface area contributed by atoms with Crippen molar-refractivity contribution < 1.29 is 53.5 Å². The molecule has 0 atom stereocenters. The number of fused-ring (bicyclic) bond motifs is 2. The van der Waals surface area contributed by atoms with Gasteiger partial charge in [-0.15, -0.1) is 0 Å². The van der Waals surface area contributed by atoms with E-state index in [2.05, 4.69) is 0 Å². The predicted octanol–water partition coefficient (Wildman–Crippen LogP) is 5.96. The van der Waals surface area contributed by atoms with E-state index in [4.69, 9.17) is 0 Å². The van der Waals surface area contributed by atoms with Crippen LogP contribution in [-0.2, 0) is 0 Å². The van der Waals surface area contributed by atoms with E-state index in [1.54, 1.807) is 0 Å². The maximum atomic E-state index is 14.1. The number of carbonyl (C=O) groups is 2. The molecule has 0 saturated carbocycles. The number of halogens is 10. The summed E-state index contributed by atoms with van der Waals surface area (Å²) in [6.45, 7) is 0. The topological polar surface area (TPSA) is 34.1 Å². The molecule has 0 saturated heterocycles. The van der Waals surface area contributed by atoms with Gasteiger partial charge in [-0.2, -0.15) is 0 Å². The van der Waals surface area contributed by atoms with E-state index in [1.165, 1.54) is 24.3 Å². The van der Waals surface area contributed by atoms with Crippen molar-refractivity contribution in [3.05, 3.63) is 102 Å². The van der Waals surface area contributed by atoms with Crippen LogP contribution in [-0.4, -0.2) is 40.6 Å². The van der Waals surface area contributed by atoms with Crippen LogP contribution in [0.2, 0.25) is 0 Å². The Labute approximate surface area is 215 Å². The molecule has 0 N–H and O–H groups in total. The van der Waals surface area contributed by atoms with Crippen LogP contribution in [0.3, 0.4) is 0 Å². The summed E-state index contributed by atoms with van der Waals surface area (Å²) in [5, 5.41) is 0.660. The molecule has 0 bridgehead atoms. The summed E-state index contributed by atoms with van der Waals surface area (Å²) in [4.78, 5) is 25.3. The van der Waals surface area contributed by atoms with Gasteiger partial charge in [0.05, 0.1) is 0 Å². The molecule has 2 aromatic heterocycles. The monoisotopic (exact) mass is 674 g/mol. The zero-order valence-corrected chi connectivity index (χ0v) is 21.1. The average molecular weight is 672 g/mol. The van der Waals surface area contributed by atoms with Gasteiger partial charge in [-0.1, -0.05) is 0 Å². The van der Waals surface area contributed by atoms with Gasteiger partial charge in [-0.25, -0.2) is 0 Å². The second-order valence-electron chi connectivity index (χ2n) is 7.70. The molecular formula is C24H4F10O2Se2. The first kappa shape index (κ1) is 26.4. The third kappa shape index (κ3) is 3.86. The van der Waals surface area contributed by atoms with Gasteiger partial charge < -0.3 is 0 Å². The Kier molecular flexibility index (Phi) is 6.42. The van der Waals surface area contributed by atoms with E-state index in [9.17, 15) is 53.5 Å². The molecule has 0 spiro atoms. The number of carbonyl (C=O) groups excluding carboxylic acids is 2. The van der Waals surface area contributed by atoms with Gasteiger partial charge in [-0.05, 0) is 0 Å². The van der Waals surface area contributed by atoms with Crippen molar-refractivity contribution in [2.75, 3.05) is 0 Å². The van der Waals surface area contributed by atoms with Crippen molar-refractivity contribution in [2.24, 2.45) is 0 Å². The number of benzene rings is 3. The molecule has 5 aromatic rings. The summed E-state index contributed by atoms with van der Waals surface area (Å²) in [7, 11) is 0. The number of hydrogen-bond acceptors (Lipinski definition) is 2. The SMILES string of the molecule is O=C(c1cc2cc3[se]c(C(=O)c4c(F)c(F)c(F)c(F)c4F)cc3cc2[se]1)c1c(F)c(F)c(F)c(F)c1F. The van der Waals surface area contributed by atoms with E-state index in [1.807, 2.05) is 0 Å². The second-order valence-corrected chi connectivity index (χ2v) is 12.2. The summed E-state index contributed by atoms with van der Waals surface area (Å²) in [5.74, 6) is -25.8. The van der Waals surface area contributed by atoms with E-state index in [0.29, 0.717) is 19.3 Å². The quantitative estimate of drug-likeness (QED) is 0.0778. The van der Waals surface area contributed by atoms with Crippen molar-refractivity contribution in [3.63, 3.8) is 0 Å². The van der Waals surface area contributed by atoms with Crippen LogP contribution in [0.25, 0.3) is 19.3 Å². The summed E-state index contributed by atoms with van der Waals surface area (Å²) >= 11 is -1.95. The van der Waals surface area contributed by atoms with Crippen molar-refractivity contribution in [2.45, 2.75) is 0 Å². The summed E-state index contributed by atoms with van der Waals surface area (Å²) in [6, 6.07) is 5.24. The van der Waals surface area contributed by atoms with Gasteiger partial charge in [0.2, 0.25) is 0 Å². The van der Waals surface area contributed by atoms with Crippen LogP contribution >= 0.6 is 0 Å². The molecule has 14 heteroatoms. The molecule has 0 aliphatic carbocycles. The van der Waals surface area contributed by atoms with Crippen LogP contribution in [0.1, 0.15) is 29.6 Å². The summed E-state index contributed by atoms with van der Waals surface area (Å²) in [6.07, 6.45) is 0. The Morgan fingerprint density at radius 3 is 0.974 bits per heavy atom. The number of rotatable bonds is 4. The molecule has 0 aliphatic heterocycles. The first-order chi connectivity index (χ1) is 17.8. The molecule has 0 aliphatic rings. The maximum absolute atomic E-state index is 14.1. The fourth-order valence-corrected chi connectivity index (χ4v) is 8.01. The number of ketones is 2. The van der Waals surface area contributed by atoms with E-state index in [-0.39, 0.29) is 8.87 Å². The van der Waals surface area contributed by atoms with Crippen LogP contribution in [0.4, 0.5) is 43.9 Å². The fourth-order valence-electron chi connectivity index (χ4n) is 3.65. The minimum atomic E-state index is -2.41. The van der Waals surface area contributed by atoms with Gasteiger partial charge in [0, 0.05) is 0 Å². The predicted molar refractivity (Wildman–Crippen MR) is 115 cm³/mol. The van der Waals surface area contributed by atoms with Crippen LogP contribution in [0, 0.1) is 58.2 Å². The molecule has 38 heavy (non-hydrogen) atoms. The minimum absolute atomic E-state index is 0.228. The van der Waals surface area contributed by atoms with Crippen molar-refractivity contribution in [1.29, 1.82) is 0 Å². The molecule has 2 heterocycles. The van der Waals surface area contributed by atoms with E-state index in [0.717, 1.165) is 0 Å². The molecule has 3 aromatic carbocycles. The average Bonchev–Trinajstić information content (AvgIpc) is 3.50. The Morgan fingerprint density at radius 2 is 0.684 bits per heavy atom. The second kappa shape index (κ2) is 9.23. The van der Waals surface area contributed by atoms with Crippen LogP contribution in [0.5, 0.6) is 0 Å². The van der Waals surface area contributed by atoms with Crippen molar-refractivity contribution in [1.82, 2.24) is 0 Å². The van der Waals surface area contributed by atoms with E-state index < -0.39 is 110 Å². The molecule has 2 nitrogen and oxygen atoms in total. The van der Waals surface area contributed by atoms with Gasteiger partial charge in [-0.3, -0.25) is 0 Å². The van der Waals surface area contributed by atoms with Gasteiger partial charge >= 0.3 is 216 Å². The van der Waals surface area contributed by atoms with Crippen molar-refractivity contribution >= 4 is 59.9 Å². The summed E-state index contributed by atoms with van der Waals surface area (Å²) < 4.78 is 138. The Hall–Kier alpha value is -3.18. The van der Waals surface area contributed by atoms with Gasteiger partial charge in [0.1, 0.15) is 0 Å². The first-order valence-corrected chi connectivity index (χ1v) is 13.4. The summed E-state index contributed by atoms with van der Waals surface area (Å²) in [5.41, 5.74) is -3.20. The van der Waals surface area contributed by atoms with Gasteiger partial charge in [0.15, 0.2) is 0 Å². The van der Waals surface area contributed by atoms with Gasteiger partial charge in [0.25, 0.3) is 0 Å². The third-order valence-corrected chi connectivity index (χ3v) is 10.1. The molecular weight excluding hydrogens is 668 g/mol. The van der Waals surface area contributed by atoms with E-state index >= 15 is 0 Å². The first-order valence-electron chi connectivity index (χ1n) is 9.92. The van der Waals surface area contributed by atoms with Crippen molar-refractivity contribution in [3.8, 4) is 0 Å². The Bertz CT molecular complexity index is 1630. The molecule has 0 radical (unpaired) electrons. The molecule has 0 fully saturated rings. The Morgan fingerprint density at radius 1 is 0.421 bits per heavy atom. The van der Waals surface area contributed by atoms with Crippen LogP contribution < -0.4 is 0 Å². The zero-order chi connectivity index (χ0) is 27.8. The standard InChI is InChI=1S/C24H4F10O2Se2/c25-13-11(14(26)18(30)21(33)17(13)29)23(35)9-3-5-1-7-6(2-8(5)38-9)4-10(37-7)24(36)12-15(27)19(31)22(34)20(32)16(12)28/h1-4H. The molecule has 0 amide bonds. The molecule has 5 rings (SSSR count). The third-order valence-electron chi connectivity index (χ3n) is 5.48.